The topological polar surface area (TPSA) is 22.1 Å². The summed E-state index contributed by atoms with van der Waals surface area (Å²) < 4.78 is 54.8. The highest BCUT2D eigenvalue weighted by Crippen LogP contribution is 2.30. The number of rotatable bonds is 2. The molecule has 0 aliphatic rings. The normalized spacial score (nSPS) is 11.3. The number of alkyl halides is 3. The van der Waals surface area contributed by atoms with Gasteiger partial charge in [-0.25, -0.2) is 9.37 Å². The highest BCUT2D eigenvalue weighted by molar-refractivity contribution is 5.28. The maximum absolute atomic E-state index is 12.8. The first-order valence-electron chi connectivity index (χ1n) is 4.92. The Morgan fingerprint density at radius 1 is 1.06 bits per heavy atom. The standard InChI is InChI=1S/C12H7F4NO/c13-9-2-1-3-10(6-9)18-11-5-4-8(7-17-11)12(14,15)16/h1-7H. The lowest BCUT2D eigenvalue weighted by molar-refractivity contribution is -0.137. The molecule has 18 heavy (non-hydrogen) atoms. The summed E-state index contributed by atoms with van der Waals surface area (Å²) in [7, 11) is 0. The van der Waals surface area contributed by atoms with E-state index in [9.17, 15) is 17.6 Å². The van der Waals surface area contributed by atoms with Crippen molar-refractivity contribution in [1.29, 1.82) is 0 Å². The number of hydrogen-bond acceptors (Lipinski definition) is 2. The number of aromatic nitrogens is 1. The summed E-state index contributed by atoms with van der Waals surface area (Å²) in [6, 6.07) is 7.17. The highest BCUT2D eigenvalue weighted by atomic mass is 19.4. The minimum Gasteiger partial charge on any atom is -0.439 e. The Balaban J connectivity index is 2.16. The van der Waals surface area contributed by atoms with Gasteiger partial charge in [0.05, 0.1) is 5.56 Å². The molecule has 0 atom stereocenters. The zero-order valence-corrected chi connectivity index (χ0v) is 8.91. The highest BCUT2D eigenvalue weighted by Gasteiger charge is 2.30. The molecule has 2 rings (SSSR count). The minimum absolute atomic E-state index is 0.0337. The molecule has 0 fully saturated rings. The van der Waals surface area contributed by atoms with Crippen LogP contribution in [0.5, 0.6) is 11.6 Å². The number of pyridine rings is 1. The van der Waals surface area contributed by atoms with Gasteiger partial charge in [0, 0.05) is 18.3 Å². The summed E-state index contributed by atoms with van der Waals surface area (Å²) >= 11 is 0. The maximum Gasteiger partial charge on any atom is 0.417 e. The molecule has 1 aromatic heterocycles. The summed E-state index contributed by atoms with van der Waals surface area (Å²) in [5.74, 6) is -0.365. The summed E-state index contributed by atoms with van der Waals surface area (Å²) in [4.78, 5) is 3.51. The number of halogens is 4. The van der Waals surface area contributed by atoms with Crippen LogP contribution in [0.15, 0.2) is 42.6 Å². The second-order valence-electron chi connectivity index (χ2n) is 3.44. The molecule has 0 bridgehead atoms. The van der Waals surface area contributed by atoms with Crippen molar-refractivity contribution in [1.82, 2.24) is 4.98 Å². The first-order valence-corrected chi connectivity index (χ1v) is 4.92. The zero-order chi connectivity index (χ0) is 13.2. The van der Waals surface area contributed by atoms with E-state index in [1.165, 1.54) is 18.2 Å². The third-order valence-corrected chi connectivity index (χ3v) is 2.08. The summed E-state index contributed by atoms with van der Waals surface area (Å²) in [5, 5.41) is 0. The molecule has 0 N–H and O–H groups in total. The van der Waals surface area contributed by atoms with Crippen molar-refractivity contribution in [3.05, 3.63) is 54.0 Å². The number of hydrogen-bond donors (Lipinski definition) is 0. The molecule has 0 aliphatic heterocycles. The average molecular weight is 257 g/mol. The Kier molecular flexibility index (Phi) is 3.18. The van der Waals surface area contributed by atoms with E-state index in [0.717, 1.165) is 18.2 Å². The first kappa shape index (κ1) is 12.3. The van der Waals surface area contributed by atoms with E-state index in [1.807, 2.05) is 0 Å². The van der Waals surface area contributed by atoms with Gasteiger partial charge >= 0.3 is 6.18 Å². The fourth-order valence-corrected chi connectivity index (χ4v) is 1.26. The van der Waals surface area contributed by atoms with Gasteiger partial charge in [-0.2, -0.15) is 13.2 Å². The molecule has 0 saturated heterocycles. The Labute approximate surface area is 99.8 Å². The van der Waals surface area contributed by atoms with Crippen LogP contribution in [-0.4, -0.2) is 4.98 Å². The van der Waals surface area contributed by atoms with Crippen LogP contribution in [0.4, 0.5) is 17.6 Å². The second kappa shape index (κ2) is 4.64. The molecule has 0 spiro atoms. The van der Waals surface area contributed by atoms with Crippen molar-refractivity contribution in [3.8, 4) is 11.6 Å². The lowest BCUT2D eigenvalue weighted by Gasteiger charge is -2.07. The lowest BCUT2D eigenvalue weighted by atomic mass is 10.3. The first-order chi connectivity index (χ1) is 8.45. The zero-order valence-electron chi connectivity index (χ0n) is 8.91. The van der Waals surface area contributed by atoms with Gasteiger partial charge in [-0.15, -0.1) is 0 Å². The number of ether oxygens (including phenoxy) is 1. The van der Waals surface area contributed by atoms with Gasteiger partial charge in [-0.05, 0) is 18.2 Å². The Bertz CT molecular complexity index is 537. The van der Waals surface area contributed by atoms with Crippen molar-refractivity contribution in [2.75, 3.05) is 0 Å². The smallest absolute Gasteiger partial charge is 0.417 e. The van der Waals surface area contributed by atoms with Crippen molar-refractivity contribution in [2.24, 2.45) is 0 Å². The van der Waals surface area contributed by atoms with E-state index < -0.39 is 17.6 Å². The molecule has 1 aromatic carbocycles. The van der Waals surface area contributed by atoms with Crippen molar-refractivity contribution in [2.45, 2.75) is 6.18 Å². The van der Waals surface area contributed by atoms with Crippen molar-refractivity contribution < 1.29 is 22.3 Å². The molecule has 6 heteroatoms. The average Bonchev–Trinajstić information content (AvgIpc) is 2.28. The van der Waals surface area contributed by atoms with E-state index in [1.54, 1.807) is 0 Å². The Hall–Kier alpha value is -2.11. The van der Waals surface area contributed by atoms with Crippen LogP contribution in [-0.2, 0) is 6.18 Å². The third-order valence-electron chi connectivity index (χ3n) is 2.08. The van der Waals surface area contributed by atoms with Gasteiger partial charge < -0.3 is 4.74 Å². The van der Waals surface area contributed by atoms with E-state index in [0.29, 0.717) is 6.20 Å². The molecular weight excluding hydrogens is 250 g/mol. The predicted octanol–water partition coefficient (Wildman–Crippen LogP) is 4.03. The quantitative estimate of drug-likeness (QED) is 0.758. The number of nitrogens with zero attached hydrogens (tertiary/aromatic N) is 1. The van der Waals surface area contributed by atoms with E-state index in [2.05, 4.69) is 4.98 Å². The molecule has 0 amide bonds. The largest absolute Gasteiger partial charge is 0.439 e. The summed E-state index contributed by atoms with van der Waals surface area (Å²) in [6.07, 6.45) is -3.78. The van der Waals surface area contributed by atoms with E-state index >= 15 is 0 Å². The molecule has 2 nitrogen and oxygen atoms in total. The second-order valence-corrected chi connectivity index (χ2v) is 3.44. The molecule has 0 saturated carbocycles. The van der Waals surface area contributed by atoms with Crippen LogP contribution in [0.1, 0.15) is 5.56 Å². The van der Waals surface area contributed by atoms with Crippen LogP contribution >= 0.6 is 0 Å². The van der Waals surface area contributed by atoms with E-state index in [-0.39, 0.29) is 11.6 Å². The SMILES string of the molecule is Fc1cccc(Oc2ccc(C(F)(F)F)cn2)c1. The molecule has 2 aromatic rings. The fraction of sp³-hybridized carbons (Fsp3) is 0.0833. The molecule has 0 aliphatic carbocycles. The van der Waals surface area contributed by atoms with Crippen LogP contribution < -0.4 is 4.74 Å². The van der Waals surface area contributed by atoms with Crippen molar-refractivity contribution >= 4 is 0 Å². The predicted molar refractivity (Wildman–Crippen MR) is 55.7 cm³/mol. The molecule has 0 unspecified atom stereocenters. The summed E-state index contributed by atoms with van der Waals surface area (Å²) in [5.41, 5.74) is -0.867. The monoisotopic (exact) mass is 257 g/mol. The van der Waals surface area contributed by atoms with Crippen LogP contribution in [0.3, 0.4) is 0 Å². The Morgan fingerprint density at radius 3 is 2.39 bits per heavy atom. The molecule has 1 heterocycles. The van der Waals surface area contributed by atoms with Gasteiger partial charge in [-0.1, -0.05) is 6.07 Å². The molecule has 0 radical (unpaired) electrons. The minimum atomic E-state index is -4.44. The molecular formula is C12H7F4NO. The van der Waals surface area contributed by atoms with E-state index in [4.69, 9.17) is 4.74 Å². The molecule has 94 valence electrons. The van der Waals surface area contributed by atoms with Gasteiger partial charge in [0.2, 0.25) is 5.88 Å². The summed E-state index contributed by atoms with van der Waals surface area (Å²) in [6.45, 7) is 0. The maximum atomic E-state index is 12.8. The third kappa shape index (κ3) is 2.97. The van der Waals surface area contributed by atoms with Crippen LogP contribution in [0.2, 0.25) is 0 Å². The fourth-order valence-electron chi connectivity index (χ4n) is 1.26. The van der Waals surface area contributed by atoms with Gasteiger partial charge in [-0.3, -0.25) is 0 Å². The van der Waals surface area contributed by atoms with Gasteiger partial charge in [0.15, 0.2) is 0 Å². The van der Waals surface area contributed by atoms with Crippen LogP contribution in [0.25, 0.3) is 0 Å². The van der Waals surface area contributed by atoms with Crippen molar-refractivity contribution in [3.63, 3.8) is 0 Å². The Morgan fingerprint density at radius 2 is 1.83 bits per heavy atom. The van der Waals surface area contributed by atoms with Crippen LogP contribution in [0, 0.1) is 5.82 Å². The van der Waals surface area contributed by atoms with Gasteiger partial charge in [0.1, 0.15) is 11.6 Å². The lowest BCUT2D eigenvalue weighted by Crippen LogP contribution is -2.05. The van der Waals surface area contributed by atoms with Gasteiger partial charge in [0.25, 0.3) is 0 Å². The number of benzene rings is 1.